The van der Waals surface area contributed by atoms with E-state index in [-0.39, 0.29) is 6.61 Å². The lowest BCUT2D eigenvalue weighted by atomic mass is 10.0. The van der Waals surface area contributed by atoms with Crippen LogP contribution in [0.3, 0.4) is 0 Å². The maximum Gasteiger partial charge on any atom is 0.181 e. The van der Waals surface area contributed by atoms with E-state index in [0.717, 1.165) is 70.6 Å². The van der Waals surface area contributed by atoms with Gasteiger partial charge >= 0.3 is 0 Å². The Hall–Kier alpha value is -5.86. The molecular weight excluding hydrogens is 729 g/mol. The van der Waals surface area contributed by atoms with Gasteiger partial charge in [0.05, 0.1) is 24.0 Å². The number of fused-ring (bicyclic) bond motifs is 2. The first-order valence-corrected chi connectivity index (χ1v) is 19.7. The van der Waals surface area contributed by atoms with Crippen LogP contribution >= 0.6 is 22.7 Å². The third kappa shape index (κ3) is 8.15. The number of aliphatic hydroxyl groups is 1. The molecule has 0 saturated heterocycles. The number of nitrogens with one attached hydrogen (secondary N) is 2. The van der Waals surface area contributed by atoms with Gasteiger partial charge in [-0.15, -0.1) is 22.7 Å². The van der Waals surface area contributed by atoms with Crippen molar-refractivity contribution in [1.29, 1.82) is 0 Å². The van der Waals surface area contributed by atoms with Crippen LogP contribution in [-0.4, -0.2) is 74.5 Å². The van der Waals surface area contributed by atoms with Crippen LogP contribution in [0.1, 0.15) is 11.3 Å². The van der Waals surface area contributed by atoms with Gasteiger partial charge in [-0.3, -0.25) is 9.97 Å². The minimum absolute atomic E-state index is 0.0904. The molecule has 3 N–H and O–H groups in total. The van der Waals surface area contributed by atoms with E-state index in [1.165, 1.54) is 0 Å². The van der Waals surface area contributed by atoms with Crippen LogP contribution in [-0.2, 0) is 4.74 Å². The lowest BCUT2D eigenvalue weighted by Gasteiger charge is -2.12. The SMILES string of the molecule is Cc1sc2nc(-c3ccccn3)nc(NCCCO)c2c1-c1cccc(OCCOCCNc2nc(-c3ccccn3)nc3scc(-c4ccccc4)c23)c1. The summed E-state index contributed by atoms with van der Waals surface area (Å²) in [6.07, 6.45) is 4.09. The molecule has 11 nitrogen and oxygen atoms in total. The Morgan fingerprint density at radius 3 is 2.09 bits per heavy atom. The van der Waals surface area contributed by atoms with Crippen molar-refractivity contribution < 1.29 is 14.6 Å². The maximum atomic E-state index is 9.44. The molecule has 0 radical (unpaired) electrons. The molecule has 0 aliphatic carbocycles. The fourth-order valence-electron chi connectivity index (χ4n) is 6.30. The molecule has 6 heterocycles. The summed E-state index contributed by atoms with van der Waals surface area (Å²) in [6.45, 7) is 4.59. The summed E-state index contributed by atoms with van der Waals surface area (Å²) < 4.78 is 12.2. The molecule has 0 fully saturated rings. The summed E-state index contributed by atoms with van der Waals surface area (Å²) >= 11 is 3.22. The number of pyridine rings is 2. The van der Waals surface area contributed by atoms with Crippen LogP contribution in [0.4, 0.5) is 11.6 Å². The standard InChI is InChI=1S/C42H38N8O3S2/c1-27-34(36-40(45-19-10-21-51)48-38(50-42(36)55-27)33-16-6-8-18-44-33)29-13-9-14-30(25-29)53-24-23-52-22-20-46-39-35-31(28-11-3-2-4-12-28)26-54-41(35)49-37(47-39)32-15-5-7-17-43-32/h2-9,11-18,25-26,51H,10,19-24H2,1H3,(H,45,48,50)(H,46,47,49). The number of ether oxygens (including phenoxy) is 2. The maximum absolute atomic E-state index is 9.44. The molecule has 6 aromatic heterocycles. The van der Waals surface area contributed by atoms with Crippen LogP contribution in [0, 0.1) is 6.92 Å². The smallest absolute Gasteiger partial charge is 0.181 e. The number of aliphatic hydroxyl groups excluding tert-OH is 1. The largest absolute Gasteiger partial charge is 0.491 e. The second-order valence-corrected chi connectivity index (χ2v) is 14.6. The Morgan fingerprint density at radius 2 is 1.36 bits per heavy atom. The van der Waals surface area contributed by atoms with E-state index in [4.69, 9.17) is 29.4 Å². The second-order valence-electron chi connectivity index (χ2n) is 12.5. The fraction of sp³-hybridized carbons (Fsp3) is 0.190. The lowest BCUT2D eigenvalue weighted by molar-refractivity contribution is 0.107. The molecule has 0 atom stereocenters. The first-order chi connectivity index (χ1) is 27.2. The van der Waals surface area contributed by atoms with Crippen molar-refractivity contribution in [1.82, 2.24) is 29.9 Å². The van der Waals surface area contributed by atoms with Gasteiger partial charge in [-0.1, -0.05) is 54.6 Å². The van der Waals surface area contributed by atoms with Gasteiger partial charge in [-0.25, -0.2) is 19.9 Å². The third-order valence-electron chi connectivity index (χ3n) is 8.82. The van der Waals surface area contributed by atoms with Crippen molar-refractivity contribution in [2.75, 3.05) is 50.2 Å². The van der Waals surface area contributed by atoms with E-state index in [1.807, 2.05) is 72.8 Å². The zero-order valence-corrected chi connectivity index (χ0v) is 31.7. The van der Waals surface area contributed by atoms with Crippen LogP contribution in [0.15, 0.2) is 109 Å². The van der Waals surface area contributed by atoms with Gasteiger partial charge < -0.3 is 25.2 Å². The van der Waals surface area contributed by atoms with E-state index in [9.17, 15) is 5.11 Å². The highest BCUT2D eigenvalue weighted by Gasteiger charge is 2.20. The van der Waals surface area contributed by atoms with Crippen LogP contribution in [0.25, 0.3) is 65.7 Å². The van der Waals surface area contributed by atoms with Gasteiger partial charge in [0.1, 0.15) is 45.0 Å². The molecule has 0 saturated carbocycles. The molecule has 276 valence electrons. The van der Waals surface area contributed by atoms with Crippen molar-refractivity contribution in [3.63, 3.8) is 0 Å². The number of thiophene rings is 2. The highest BCUT2D eigenvalue weighted by molar-refractivity contribution is 7.19. The zero-order valence-electron chi connectivity index (χ0n) is 30.1. The van der Waals surface area contributed by atoms with E-state index < -0.39 is 0 Å². The Balaban J connectivity index is 0.932. The first-order valence-electron chi connectivity index (χ1n) is 18.0. The van der Waals surface area contributed by atoms with Crippen molar-refractivity contribution in [3.05, 3.63) is 114 Å². The van der Waals surface area contributed by atoms with Gasteiger partial charge in [0.15, 0.2) is 11.6 Å². The minimum Gasteiger partial charge on any atom is -0.491 e. The van der Waals surface area contributed by atoms with Crippen LogP contribution < -0.4 is 15.4 Å². The Kier molecular flexibility index (Phi) is 11.2. The Morgan fingerprint density at radius 1 is 0.673 bits per heavy atom. The van der Waals surface area contributed by atoms with E-state index >= 15 is 0 Å². The number of aryl methyl sites for hydroxylation is 1. The molecule has 0 amide bonds. The number of benzene rings is 2. The van der Waals surface area contributed by atoms with Crippen molar-refractivity contribution in [3.8, 4) is 51.0 Å². The summed E-state index contributed by atoms with van der Waals surface area (Å²) in [6, 6.07) is 29.8. The number of rotatable bonds is 16. The number of aromatic nitrogens is 6. The number of hydrogen-bond donors (Lipinski definition) is 3. The fourth-order valence-corrected chi connectivity index (χ4v) is 8.29. The molecule has 0 bridgehead atoms. The highest BCUT2D eigenvalue weighted by atomic mass is 32.1. The molecule has 0 aliphatic heterocycles. The third-order valence-corrected chi connectivity index (χ3v) is 10.7. The number of anilines is 2. The number of nitrogens with zero attached hydrogens (tertiary/aromatic N) is 6. The molecule has 0 aliphatic rings. The highest BCUT2D eigenvalue weighted by Crippen LogP contribution is 2.42. The monoisotopic (exact) mass is 766 g/mol. The van der Waals surface area contributed by atoms with Gasteiger partial charge in [0, 0.05) is 53.5 Å². The van der Waals surface area contributed by atoms with Crippen molar-refractivity contribution in [2.45, 2.75) is 13.3 Å². The predicted molar refractivity (Wildman–Crippen MR) is 222 cm³/mol. The topological polar surface area (TPSA) is 140 Å². The zero-order chi connectivity index (χ0) is 37.4. The van der Waals surface area contributed by atoms with Gasteiger partial charge in [0.2, 0.25) is 0 Å². The average molecular weight is 767 g/mol. The minimum atomic E-state index is 0.0904. The lowest BCUT2D eigenvalue weighted by Crippen LogP contribution is -2.14. The van der Waals surface area contributed by atoms with Gasteiger partial charge in [0.25, 0.3) is 0 Å². The number of hydrogen-bond acceptors (Lipinski definition) is 13. The quantitative estimate of drug-likeness (QED) is 0.0814. The molecule has 0 unspecified atom stereocenters. The predicted octanol–water partition coefficient (Wildman–Crippen LogP) is 8.76. The van der Waals surface area contributed by atoms with Crippen molar-refractivity contribution in [2.24, 2.45) is 0 Å². The second kappa shape index (κ2) is 17.1. The van der Waals surface area contributed by atoms with Gasteiger partial charge in [-0.2, -0.15) is 0 Å². The van der Waals surface area contributed by atoms with Crippen LogP contribution in [0.5, 0.6) is 5.75 Å². The summed E-state index contributed by atoms with van der Waals surface area (Å²) in [4.78, 5) is 31.4. The summed E-state index contributed by atoms with van der Waals surface area (Å²) in [7, 11) is 0. The summed E-state index contributed by atoms with van der Waals surface area (Å²) in [5.41, 5.74) is 5.70. The Bertz CT molecular complexity index is 2510. The molecule has 8 rings (SSSR count). The van der Waals surface area contributed by atoms with Crippen LogP contribution in [0.2, 0.25) is 0 Å². The Labute approximate surface area is 326 Å². The van der Waals surface area contributed by atoms with E-state index in [2.05, 4.69) is 51.1 Å². The summed E-state index contributed by atoms with van der Waals surface area (Å²) in [5.74, 6) is 3.36. The molecule has 8 aromatic rings. The normalized spacial score (nSPS) is 11.3. The van der Waals surface area contributed by atoms with Crippen molar-refractivity contribution >= 4 is 54.7 Å². The van der Waals surface area contributed by atoms with E-state index in [0.29, 0.717) is 56.7 Å². The molecule has 13 heteroatoms. The molecule has 0 spiro atoms. The van der Waals surface area contributed by atoms with E-state index in [1.54, 1.807) is 35.1 Å². The summed E-state index contributed by atoms with van der Waals surface area (Å²) in [5, 5.41) is 20.5. The average Bonchev–Trinajstić information content (AvgIpc) is 3.82. The molecular formula is C42H38N8O3S2. The van der Waals surface area contributed by atoms with Gasteiger partial charge in [-0.05, 0) is 60.9 Å². The first kappa shape index (κ1) is 36.1. The molecule has 2 aromatic carbocycles. The molecule has 55 heavy (non-hydrogen) atoms.